The highest BCUT2D eigenvalue weighted by Crippen LogP contribution is 2.27. The lowest BCUT2D eigenvalue weighted by Gasteiger charge is -2.16. The van der Waals surface area contributed by atoms with Gasteiger partial charge in [0.25, 0.3) is 0 Å². The average Bonchev–Trinajstić information content (AvgIpc) is 2.57. The Bertz CT molecular complexity index is 353. The molecule has 84 valence electrons. The van der Waals surface area contributed by atoms with Crippen molar-refractivity contribution in [1.82, 2.24) is 4.90 Å². The lowest BCUT2D eigenvalue weighted by Crippen LogP contribution is -2.24. The third-order valence-corrected chi connectivity index (χ3v) is 3.39. The van der Waals surface area contributed by atoms with Gasteiger partial charge in [0.15, 0.2) is 0 Å². The molecule has 0 aliphatic carbocycles. The van der Waals surface area contributed by atoms with Gasteiger partial charge in [0.2, 0.25) is 0 Å². The number of hydrogen-bond acceptors (Lipinski definition) is 2. The molecule has 0 spiro atoms. The van der Waals surface area contributed by atoms with Crippen molar-refractivity contribution < 1.29 is 0 Å². The summed E-state index contributed by atoms with van der Waals surface area (Å²) in [5.41, 5.74) is 1.46. The topological polar surface area (TPSA) is 27.0 Å². The second-order valence-corrected chi connectivity index (χ2v) is 4.47. The minimum atomic E-state index is 0.585. The summed E-state index contributed by atoms with van der Waals surface area (Å²) in [7, 11) is 0. The van der Waals surface area contributed by atoms with Gasteiger partial charge >= 0.3 is 0 Å². The quantitative estimate of drug-likeness (QED) is 0.708. The van der Waals surface area contributed by atoms with Gasteiger partial charge < -0.3 is 0 Å². The minimum absolute atomic E-state index is 0.585. The molecule has 1 aromatic rings. The third-order valence-electron chi connectivity index (χ3n) is 3.39. The molecule has 2 rings (SSSR count). The monoisotopic (exact) mass is 214 g/mol. The van der Waals surface area contributed by atoms with Crippen LogP contribution in [0.4, 0.5) is 0 Å². The Morgan fingerprint density at radius 3 is 2.75 bits per heavy atom. The maximum Gasteiger partial charge on any atom is 0.0865 e. The van der Waals surface area contributed by atoms with Crippen molar-refractivity contribution in [3.8, 4) is 6.07 Å². The lowest BCUT2D eigenvalue weighted by atomic mass is 9.92. The van der Waals surface area contributed by atoms with Crippen LogP contribution in [0, 0.1) is 11.3 Å². The molecule has 1 heterocycles. The van der Waals surface area contributed by atoms with E-state index in [4.69, 9.17) is 5.26 Å². The van der Waals surface area contributed by atoms with Crippen LogP contribution >= 0.6 is 0 Å². The van der Waals surface area contributed by atoms with Crippen molar-refractivity contribution in [3.05, 3.63) is 35.9 Å². The summed E-state index contributed by atoms with van der Waals surface area (Å²) in [6, 6.07) is 13.0. The molecule has 0 radical (unpaired) electrons. The molecule has 1 saturated heterocycles. The first-order valence-corrected chi connectivity index (χ1v) is 6.04. The van der Waals surface area contributed by atoms with Crippen LogP contribution in [0.5, 0.6) is 0 Å². The summed E-state index contributed by atoms with van der Waals surface area (Å²) in [5.74, 6) is 0.685. The Kier molecular flexibility index (Phi) is 3.96. The van der Waals surface area contributed by atoms with E-state index in [-0.39, 0.29) is 0 Å². The summed E-state index contributed by atoms with van der Waals surface area (Å²) in [5, 5.41) is 8.70. The van der Waals surface area contributed by atoms with E-state index in [2.05, 4.69) is 41.3 Å². The molecular formula is C14H18N2. The average molecular weight is 214 g/mol. The van der Waals surface area contributed by atoms with Crippen molar-refractivity contribution in [2.45, 2.75) is 25.2 Å². The molecule has 0 amide bonds. The highest BCUT2D eigenvalue weighted by molar-refractivity contribution is 5.19. The molecule has 1 atom stereocenters. The van der Waals surface area contributed by atoms with E-state index in [1.165, 1.54) is 24.8 Å². The number of likely N-dealkylation sites (tertiary alicyclic amines) is 1. The van der Waals surface area contributed by atoms with E-state index in [9.17, 15) is 0 Å². The predicted molar refractivity (Wildman–Crippen MR) is 65.1 cm³/mol. The fourth-order valence-corrected chi connectivity index (χ4v) is 2.47. The van der Waals surface area contributed by atoms with E-state index in [0.29, 0.717) is 12.5 Å². The minimum Gasteiger partial charge on any atom is -0.291 e. The Labute approximate surface area is 97.5 Å². The van der Waals surface area contributed by atoms with Gasteiger partial charge in [0, 0.05) is 0 Å². The van der Waals surface area contributed by atoms with E-state index in [1.54, 1.807) is 0 Å². The fourth-order valence-electron chi connectivity index (χ4n) is 2.47. The molecule has 16 heavy (non-hydrogen) atoms. The normalized spacial score (nSPS) is 22.3. The molecule has 0 bridgehead atoms. The van der Waals surface area contributed by atoms with Crippen molar-refractivity contribution in [1.29, 1.82) is 5.26 Å². The van der Waals surface area contributed by atoms with Gasteiger partial charge in [-0.3, -0.25) is 4.90 Å². The Balaban J connectivity index is 1.97. The lowest BCUT2D eigenvalue weighted by molar-refractivity contribution is 0.318. The second kappa shape index (κ2) is 5.67. The van der Waals surface area contributed by atoms with Gasteiger partial charge in [-0.1, -0.05) is 30.3 Å². The number of nitrogens with zero attached hydrogens (tertiary/aromatic N) is 2. The maximum absolute atomic E-state index is 8.70. The number of benzene rings is 1. The molecule has 0 unspecified atom stereocenters. The summed E-state index contributed by atoms with van der Waals surface area (Å²) in [4.78, 5) is 2.27. The van der Waals surface area contributed by atoms with Crippen LogP contribution in [0.25, 0.3) is 0 Å². The SMILES string of the molecule is N#CCN1CCC[C@@H](c2ccccc2)CC1. The van der Waals surface area contributed by atoms with Crippen LogP contribution in [0.2, 0.25) is 0 Å². The van der Waals surface area contributed by atoms with Crippen LogP contribution in [-0.2, 0) is 0 Å². The molecule has 0 aromatic heterocycles. The predicted octanol–water partition coefficient (Wildman–Crippen LogP) is 2.78. The van der Waals surface area contributed by atoms with Gasteiger partial charge in [-0.15, -0.1) is 0 Å². The third kappa shape index (κ3) is 2.84. The van der Waals surface area contributed by atoms with Gasteiger partial charge in [-0.2, -0.15) is 5.26 Å². The molecule has 2 heteroatoms. The summed E-state index contributed by atoms with van der Waals surface area (Å²) in [6.45, 7) is 2.73. The van der Waals surface area contributed by atoms with Crippen LogP contribution in [0.3, 0.4) is 0 Å². The number of nitriles is 1. The molecule has 1 aliphatic rings. The maximum atomic E-state index is 8.70. The molecule has 1 aromatic carbocycles. The summed E-state index contributed by atoms with van der Waals surface area (Å²) < 4.78 is 0. The summed E-state index contributed by atoms with van der Waals surface area (Å²) >= 11 is 0. The molecule has 0 N–H and O–H groups in total. The van der Waals surface area contributed by atoms with E-state index >= 15 is 0 Å². The first-order valence-electron chi connectivity index (χ1n) is 6.04. The standard InChI is InChI=1S/C14H18N2/c15-9-12-16-10-4-7-14(8-11-16)13-5-2-1-3-6-13/h1-3,5-6,14H,4,7-8,10-12H2/t14-/m1/s1. The zero-order valence-electron chi connectivity index (χ0n) is 9.60. The van der Waals surface area contributed by atoms with Gasteiger partial charge in [-0.05, 0) is 43.8 Å². The largest absolute Gasteiger partial charge is 0.291 e. The van der Waals surface area contributed by atoms with Gasteiger partial charge in [-0.25, -0.2) is 0 Å². The van der Waals surface area contributed by atoms with Crippen LogP contribution in [0.15, 0.2) is 30.3 Å². The molecule has 1 fully saturated rings. The van der Waals surface area contributed by atoms with E-state index in [1.807, 2.05) is 0 Å². The number of hydrogen-bond donors (Lipinski definition) is 0. The molecule has 2 nitrogen and oxygen atoms in total. The van der Waals surface area contributed by atoms with Gasteiger partial charge in [0.05, 0.1) is 12.6 Å². The van der Waals surface area contributed by atoms with Crippen molar-refractivity contribution >= 4 is 0 Å². The first-order chi connectivity index (χ1) is 7.90. The Morgan fingerprint density at radius 2 is 2.00 bits per heavy atom. The van der Waals surface area contributed by atoms with Crippen LogP contribution < -0.4 is 0 Å². The van der Waals surface area contributed by atoms with Crippen LogP contribution in [-0.4, -0.2) is 24.5 Å². The Morgan fingerprint density at radius 1 is 1.19 bits per heavy atom. The highest BCUT2D eigenvalue weighted by Gasteiger charge is 2.17. The first kappa shape index (κ1) is 11.2. The van der Waals surface area contributed by atoms with Crippen molar-refractivity contribution in [2.24, 2.45) is 0 Å². The zero-order valence-corrected chi connectivity index (χ0v) is 9.60. The van der Waals surface area contributed by atoms with Crippen molar-refractivity contribution in [3.63, 3.8) is 0 Å². The number of rotatable bonds is 2. The second-order valence-electron chi connectivity index (χ2n) is 4.47. The van der Waals surface area contributed by atoms with E-state index in [0.717, 1.165) is 13.1 Å². The van der Waals surface area contributed by atoms with Crippen LogP contribution in [0.1, 0.15) is 30.7 Å². The van der Waals surface area contributed by atoms with Crippen molar-refractivity contribution in [2.75, 3.05) is 19.6 Å². The molecule has 0 saturated carbocycles. The molecular weight excluding hydrogens is 196 g/mol. The molecule has 1 aliphatic heterocycles. The fraction of sp³-hybridized carbons (Fsp3) is 0.500. The van der Waals surface area contributed by atoms with E-state index < -0.39 is 0 Å². The summed E-state index contributed by atoms with van der Waals surface area (Å²) in [6.07, 6.45) is 3.65. The Hall–Kier alpha value is -1.33. The van der Waals surface area contributed by atoms with Gasteiger partial charge in [0.1, 0.15) is 0 Å². The highest BCUT2D eigenvalue weighted by atomic mass is 15.1. The smallest absolute Gasteiger partial charge is 0.0865 e. The zero-order chi connectivity index (χ0) is 11.2.